The van der Waals surface area contributed by atoms with Crippen LogP contribution in [0, 0.1) is 15.9 Å². The fourth-order valence-corrected chi connectivity index (χ4v) is 3.12. The third-order valence-electron chi connectivity index (χ3n) is 3.67. The van der Waals surface area contributed by atoms with Gasteiger partial charge in [-0.3, -0.25) is 14.9 Å². The Bertz CT molecular complexity index is 541. The number of benzene rings is 1. The summed E-state index contributed by atoms with van der Waals surface area (Å²) < 4.78 is 13.2. The summed E-state index contributed by atoms with van der Waals surface area (Å²) >= 11 is 1.69. The second-order valence-corrected chi connectivity index (χ2v) is 6.12. The van der Waals surface area contributed by atoms with E-state index in [0.717, 1.165) is 37.5 Å². The molecule has 1 amide bonds. The number of thioether (sulfide) groups is 1. The van der Waals surface area contributed by atoms with E-state index in [1.54, 1.807) is 11.8 Å². The van der Waals surface area contributed by atoms with Crippen LogP contribution in [0.4, 0.5) is 10.1 Å². The minimum atomic E-state index is -0.679. The number of nitrogens with zero attached hydrogens (tertiary/aromatic N) is 1. The van der Waals surface area contributed by atoms with Crippen molar-refractivity contribution in [3.05, 3.63) is 39.7 Å². The van der Waals surface area contributed by atoms with Crippen LogP contribution in [0.5, 0.6) is 0 Å². The average Bonchev–Trinajstić information content (AvgIpc) is 2.37. The van der Waals surface area contributed by atoms with Crippen molar-refractivity contribution in [3.63, 3.8) is 0 Å². The third kappa shape index (κ3) is 2.92. The second kappa shape index (κ2) is 5.78. The number of amides is 1. The molecule has 0 atom stereocenters. The molecule has 0 saturated heterocycles. The first-order valence-corrected chi connectivity index (χ1v) is 7.47. The highest BCUT2D eigenvalue weighted by Crippen LogP contribution is 2.42. The molecule has 1 saturated carbocycles. The zero-order chi connectivity index (χ0) is 14.8. The van der Waals surface area contributed by atoms with E-state index in [4.69, 9.17) is 0 Å². The Balaban J connectivity index is 2.12. The number of halogens is 1. The number of nitro groups is 1. The summed E-state index contributed by atoms with van der Waals surface area (Å²) in [6, 6.07) is 2.89. The largest absolute Gasteiger partial charge is 0.350 e. The van der Waals surface area contributed by atoms with Crippen molar-refractivity contribution in [2.45, 2.75) is 24.0 Å². The maximum Gasteiger partial charge on any atom is 0.282 e. The number of hydrogen-bond acceptors (Lipinski definition) is 4. The third-order valence-corrected chi connectivity index (χ3v) is 5.09. The predicted octanol–water partition coefficient (Wildman–Crippen LogP) is 2.75. The van der Waals surface area contributed by atoms with Gasteiger partial charge in [-0.25, -0.2) is 4.39 Å². The first-order chi connectivity index (χ1) is 9.47. The Hall–Kier alpha value is -1.63. The number of nitro benzene ring substituents is 1. The van der Waals surface area contributed by atoms with Gasteiger partial charge >= 0.3 is 0 Å². The predicted molar refractivity (Wildman–Crippen MR) is 75.5 cm³/mol. The van der Waals surface area contributed by atoms with E-state index in [1.165, 1.54) is 0 Å². The highest BCUT2D eigenvalue weighted by Gasteiger charge is 2.36. The Morgan fingerprint density at radius 3 is 2.75 bits per heavy atom. The number of carbonyl (C=O) groups is 1. The lowest BCUT2D eigenvalue weighted by Crippen LogP contribution is -2.45. The van der Waals surface area contributed by atoms with Crippen LogP contribution in [0.25, 0.3) is 0 Å². The molecule has 1 fully saturated rings. The molecule has 108 valence electrons. The van der Waals surface area contributed by atoms with Crippen LogP contribution in [-0.2, 0) is 0 Å². The normalized spacial score (nSPS) is 16.3. The monoisotopic (exact) mass is 298 g/mol. The van der Waals surface area contributed by atoms with Gasteiger partial charge in [0.1, 0.15) is 11.4 Å². The Morgan fingerprint density at radius 2 is 2.25 bits per heavy atom. The van der Waals surface area contributed by atoms with Gasteiger partial charge in [-0.2, -0.15) is 11.8 Å². The summed E-state index contributed by atoms with van der Waals surface area (Å²) in [7, 11) is 0. The molecule has 7 heteroatoms. The average molecular weight is 298 g/mol. The number of rotatable bonds is 5. The van der Waals surface area contributed by atoms with E-state index in [9.17, 15) is 19.3 Å². The molecule has 5 nitrogen and oxygen atoms in total. The van der Waals surface area contributed by atoms with Crippen molar-refractivity contribution >= 4 is 23.4 Å². The fourth-order valence-electron chi connectivity index (χ4n) is 2.21. The van der Waals surface area contributed by atoms with Crippen LogP contribution in [0.3, 0.4) is 0 Å². The molecule has 1 aromatic rings. The van der Waals surface area contributed by atoms with Gasteiger partial charge in [0, 0.05) is 17.4 Å². The Morgan fingerprint density at radius 1 is 1.55 bits per heavy atom. The SMILES string of the molecule is CSC1(CNC(=O)c2cc(F)ccc2[N+](=O)[O-])CCC1. The molecule has 1 aliphatic carbocycles. The van der Waals surface area contributed by atoms with Gasteiger partial charge in [0.2, 0.25) is 0 Å². The topological polar surface area (TPSA) is 72.2 Å². The number of nitrogens with one attached hydrogen (secondary N) is 1. The summed E-state index contributed by atoms with van der Waals surface area (Å²) in [4.78, 5) is 22.2. The molecule has 0 heterocycles. The number of carbonyl (C=O) groups excluding carboxylic acids is 1. The molecule has 1 N–H and O–H groups in total. The smallest absolute Gasteiger partial charge is 0.282 e. The van der Waals surface area contributed by atoms with Gasteiger partial charge in [0.25, 0.3) is 11.6 Å². The van der Waals surface area contributed by atoms with E-state index in [0.29, 0.717) is 6.54 Å². The van der Waals surface area contributed by atoms with Crippen LogP contribution in [0.2, 0.25) is 0 Å². The molecule has 0 spiro atoms. The van der Waals surface area contributed by atoms with Crippen molar-refractivity contribution in [3.8, 4) is 0 Å². The molecule has 0 radical (unpaired) electrons. The molecule has 0 aliphatic heterocycles. The van der Waals surface area contributed by atoms with E-state index in [2.05, 4.69) is 5.32 Å². The highest BCUT2D eigenvalue weighted by atomic mass is 32.2. The van der Waals surface area contributed by atoms with E-state index < -0.39 is 16.6 Å². The summed E-state index contributed by atoms with van der Waals surface area (Å²) in [5.41, 5.74) is -0.610. The minimum Gasteiger partial charge on any atom is -0.350 e. The maximum atomic E-state index is 13.2. The van der Waals surface area contributed by atoms with Crippen molar-refractivity contribution < 1.29 is 14.1 Å². The summed E-state index contributed by atoms with van der Waals surface area (Å²) in [5.74, 6) is -1.26. The lowest BCUT2D eigenvalue weighted by Gasteiger charge is -2.40. The molecule has 1 aromatic carbocycles. The van der Waals surface area contributed by atoms with Crippen LogP contribution in [0.15, 0.2) is 18.2 Å². The first kappa shape index (κ1) is 14.8. The molecule has 0 aromatic heterocycles. The van der Waals surface area contributed by atoms with Crippen LogP contribution in [-0.4, -0.2) is 28.4 Å². The van der Waals surface area contributed by atoms with Gasteiger partial charge < -0.3 is 5.32 Å². The Labute approximate surface area is 120 Å². The summed E-state index contributed by atoms with van der Waals surface area (Å²) in [6.07, 6.45) is 5.13. The van der Waals surface area contributed by atoms with Crippen molar-refractivity contribution in [1.82, 2.24) is 5.32 Å². The van der Waals surface area contributed by atoms with E-state index >= 15 is 0 Å². The van der Waals surface area contributed by atoms with Crippen LogP contribution < -0.4 is 5.32 Å². The Kier molecular flexibility index (Phi) is 4.27. The van der Waals surface area contributed by atoms with Gasteiger partial charge in [0.05, 0.1) is 4.92 Å². The van der Waals surface area contributed by atoms with Crippen LogP contribution in [0.1, 0.15) is 29.6 Å². The highest BCUT2D eigenvalue weighted by molar-refractivity contribution is 8.00. The zero-order valence-corrected chi connectivity index (χ0v) is 11.8. The molecular formula is C13H15FN2O3S. The van der Waals surface area contributed by atoms with E-state index in [-0.39, 0.29) is 16.0 Å². The number of hydrogen-bond donors (Lipinski definition) is 1. The molecule has 0 bridgehead atoms. The molecular weight excluding hydrogens is 283 g/mol. The van der Waals surface area contributed by atoms with Crippen molar-refractivity contribution in [2.75, 3.05) is 12.8 Å². The van der Waals surface area contributed by atoms with Crippen LogP contribution >= 0.6 is 11.8 Å². The van der Waals surface area contributed by atoms with Gasteiger partial charge in [-0.15, -0.1) is 0 Å². The fraction of sp³-hybridized carbons (Fsp3) is 0.462. The quantitative estimate of drug-likeness (QED) is 0.670. The first-order valence-electron chi connectivity index (χ1n) is 6.25. The maximum absolute atomic E-state index is 13.2. The molecule has 2 rings (SSSR count). The molecule has 1 aliphatic rings. The lowest BCUT2D eigenvalue weighted by atomic mass is 9.84. The van der Waals surface area contributed by atoms with E-state index in [1.807, 2.05) is 6.26 Å². The molecule has 0 unspecified atom stereocenters. The van der Waals surface area contributed by atoms with Gasteiger partial charge in [0.15, 0.2) is 0 Å². The summed E-state index contributed by atoms with van der Waals surface area (Å²) in [6.45, 7) is 0.445. The second-order valence-electron chi connectivity index (χ2n) is 4.84. The minimum absolute atomic E-state index is 0.0256. The standard InChI is InChI=1S/C13H15FN2O3S/c1-20-13(5-2-6-13)8-15-12(17)10-7-9(14)3-4-11(10)16(18)19/h3-4,7H,2,5-6,8H2,1H3,(H,15,17). The van der Waals surface area contributed by atoms with Crippen molar-refractivity contribution in [1.29, 1.82) is 0 Å². The van der Waals surface area contributed by atoms with Crippen molar-refractivity contribution in [2.24, 2.45) is 0 Å². The van der Waals surface area contributed by atoms with Gasteiger partial charge in [-0.05, 0) is 31.2 Å². The molecule has 20 heavy (non-hydrogen) atoms. The summed E-state index contributed by atoms with van der Waals surface area (Å²) in [5, 5.41) is 13.5. The zero-order valence-electron chi connectivity index (χ0n) is 11.0. The van der Waals surface area contributed by atoms with Gasteiger partial charge in [-0.1, -0.05) is 6.42 Å². The lowest BCUT2D eigenvalue weighted by molar-refractivity contribution is -0.385.